The fourth-order valence-electron chi connectivity index (χ4n) is 2.59. The minimum atomic E-state index is 0.646. The number of hydrogen-bond acceptors (Lipinski definition) is 6. The Bertz CT molecular complexity index is 711. The van der Waals surface area contributed by atoms with E-state index in [9.17, 15) is 0 Å². The maximum absolute atomic E-state index is 8.85. The second-order valence-corrected chi connectivity index (χ2v) is 5.76. The van der Waals surface area contributed by atoms with Crippen LogP contribution in [0.2, 0.25) is 0 Å². The first-order valence-corrected chi connectivity index (χ1v) is 7.70. The Kier molecular flexibility index (Phi) is 4.40. The highest BCUT2D eigenvalue weighted by molar-refractivity contribution is 5.60. The van der Waals surface area contributed by atoms with Crippen molar-refractivity contribution in [3.63, 3.8) is 0 Å². The van der Waals surface area contributed by atoms with E-state index in [2.05, 4.69) is 38.2 Å². The second kappa shape index (κ2) is 6.63. The van der Waals surface area contributed by atoms with Crippen molar-refractivity contribution in [2.24, 2.45) is 0 Å². The average Bonchev–Trinajstić information content (AvgIpc) is 2.56. The molecule has 0 spiro atoms. The molecule has 1 aromatic heterocycles. The Morgan fingerprint density at radius 1 is 1.09 bits per heavy atom. The Morgan fingerprint density at radius 3 is 2.43 bits per heavy atom. The van der Waals surface area contributed by atoms with Gasteiger partial charge in [-0.2, -0.15) is 5.26 Å². The molecule has 0 atom stereocenters. The van der Waals surface area contributed by atoms with Gasteiger partial charge >= 0.3 is 0 Å². The molecule has 1 aliphatic heterocycles. The van der Waals surface area contributed by atoms with Crippen LogP contribution in [-0.2, 0) is 0 Å². The molecule has 1 aliphatic rings. The summed E-state index contributed by atoms with van der Waals surface area (Å²) in [6, 6.07) is 11.4. The standard InChI is InChI=1S/C17H20N6/c1-13-19-16(21-15-5-3-14(12-18)4-6-15)11-17(20-13)23-9-7-22(2)8-10-23/h3-6,11H,7-10H2,1-2H3,(H,19,20,21). The molecule has 6 nitrogen and oxygen atoms in total. The van der Waals surface area contributed by atoms with Crippen molar-refractivity contribution in [3.8, 4) is 6.07 Å². The van der Waals surface area contributed by atoms with Gasteiger partial charge in [-0.1, -0.05) is 0 Å². The molecule has 0 aliphatic carbocycles. The second-order valence-electron chi connectivity index (χ2n) is 5.76. The van der Waals surface area contributed by atoms with Crippen LogP contribution in [0.25, 0.3) is 0 Å². The Labute approximate surface area is 136 Å². The SMILES string of the molecule is Cc1nc(Nc2ccc(C#N)cc2)cc(N2CCN(C)CC2)n1. The van der Waals surface area contributed by atoms with Crippen LogP contribution in [0.4, 0.5) is 17.3 Å². The summed E-state index contributed by atoms with van der Waals surface area (Å²) in [4.78, 5) is 13.6. The van der Waals surface area contributed by atoms with Crippen molar-refractivity contribution in [2.75, 3.05) is 43.4 Å². The lowest BCUT2D eigenvalue weighted by molar-refractivity contribution is 0.312. The molecule has 1 aromatic carbocycles. The molecular weight excluding hydrogens is 288 g/mol. The number of anilines is 3. The number of aromatic nitrogens is 2. The Hall–Kier alpha value is -2.65. The van der Waals surface area contributed by atoms with Crippen LogP contribution in [-0.4, -0.2) is 48.1 Å². The quantitative estimate of drug-likeness (QED) is 0.937. The number of aryl methyl sites for hydroxylation is 1. The fraction of sp³-hybridized carbons (Fsp3) is 0.353. The van der Waals surface area contributed by atoms with Gasteiger partial charge in [-0.05, 0) is 38.2 Å². The molecule has 0 bridgehead atoms. The zero-order valence-corrected chi connectivity index (χ0v) is 13.5. The molecule has 0 unspecified atom stereocenters. The lowest BCUT2D eigenvalue weighted by Crippen LogP contribution is -2.44. The molecule has 0 radical (unpaired) electrons. The summed E-state index contributed by atoms with van der Waals surface area (Å²) in [5.74, 6) is 2.48. The van der Waals surface area contributed by atoms with Crippen molar-refractivity contribution in [3.05, 3.63) is 41.7 Å². The van der Waals surface area contributed by atoms with Crippen molar-refractivity contribution >= 4 is 17.3 Å². The normalized spacial score (nSPS) is 15.3. The van der Waals surface area contributed by atoms with Gasteiger partial charge < -0.3 is 15.1 Å². The summed E-state index contributed by atoms with van der Waals surface area (Å²) >= 11 is 0. The van der Waals surface area contributed by atoms with Crippen LogP contribution in [0.3, 0.4) is 0 Å². The number of rotatable bonds is 3. The highest BCUT2D eigenvalue weighted by atomic mass is 15.3. The number of nitriles is 1. The number of nitrogens with one attached hydrogen (secondary N) is 1. The van der Waals surface area contributed by atoms with E-state index in [4.69, 9.17) is 5.26 Å². The van der Waals surface area contributed by atoms with Gasteiger partial charge in [-0.25, -0.2) is 9.97 Å². The summed E-state index contributed by atoms with van der Waals surface area (Å²) < 4.78 is 0. The smallest absolute Gasteiger partial charge is 0.136 e. The predicted octanol–water partition coefficient (Wildman–Crippen LogP) is 2.15. The Morgan fingerprint density at radius 2 is 1.78 bits per heavy atom. The van der Waals surface area contributed by atoms with Crippen molar-refractivity contribution in [1.29, 1.82) is 5.26 Å². The summed E-state index contributed by atoms with van der Waals surface area (Å²) in [5, 5.41) is 12.1. The number of piperazine rings is 1. The van der Waals surface area contributed by atoms with Crippen LogP contribution in [0.5, 0.6) is 0 Å². The van der Waals surface area contributed by atoms with Crippen LogP contribution >= 0.6 is 0 Å². The highest BCUT2D eigenvalue weighted by Gasteiger charge is 2.16. The van der Waals surface area contributed by atoms with Crippen LogP contribution in [0, 0.1) is 18.3 Å². The molecule has 1 fully saturated rings. The zero-order chi connectivity index (χ0) is 16.2. The van der Waals surface area contributed by atoms with Gasteiger partial charge in [0.05, 0.1) is 11.6 Å². The van der Waals surface area contributed by atoms with Crippen molar-refractivity contribution in [1.82, 2.24) is 14.9 Å². The Balaban J connectivity index is 1.78. The third kappa shape index (κ3) is 3.76. The predicted molar refractivity (Wildman–Crippen MR) is 90.9 cm³/mol. The molecule has 0 saturated carbocycles. The topological polar surface area (TPSA) is 68.1 Å². The number of likely N-dealkylation sites (N-methyl/N-ethyl adjacent to an activating group) is 1. The molecule has 0 amide bonds. The van der Waals surface area contributed by atoms with Gasteiger partial charge in [0.25, 0.3) is 0 Å². The molecule has 1 N–H and O–H groups in total. The molecule has 6 heteroatoms. The van der Waals surface area contributed by atoms with Crippen LogP contribution < -0.4 is 10.2 Å². The largest absolute Gasteiger partial charge is 0.354 e. The minimum absolute atomic E-state index is 0.646. The van der Waals surface area contributed by atoms with Gasteiger partial charge in [-0.3, -0.25) is 0 Å². The van der Waals surface area contributed by atoms with Gasteiger partial charge in [-0.15, -0.1) is 0 Å². The van der Waals surface area contributed by atoms with Gasteiger partial charge in [0.1, 0.15) is 17.5 Å². The van der Waals surface area contributed by atoms with Gasteiger partial charge in [0, 0.05) is 37.9 Å². The zero-order valence-electron chi connectivity index (χ0n) is 13.5. The van der Waals surface area contributed by atoms with E-state index in [0.717, 1.165) is 49.3 Å². The molecule has 1 saturated heterocycles. The molecule has 23 heavy (non-hydrogen) atoms. The van der Waals surface area contributed by atoms with Crippen molar-refractivity contribution in [2.45, 2.75) is 6.92 Å². The summed E-state index contributed by atoms with van der Waals surface area (Å²) in [7, 11) is 2.14. The van der Waals surface area contributed by atoms with Gasteiger partial charge in [0.2, 0.25) is 0 Å². The van der Waals surface area contributed by atoms with E-state index >= 15 is 0 Å². The summed E-state index contributed by atoms with van der Waals surface area (Å²) in [6.45, 7) is 5.94. The third-order valence-corrected chi connectivity index (χ3v) is 3.94. The van der Waals surface area contributed by atoms with E-state index in [1.807, 2.05) is 25.1 Å². The molecule has 2 heterocycles. The van der Waals surface area contributed by atoms with Crippen LogP contribution in [0.1, 0.15) is 11.4 Å². The first-order valence-electron chi connectivity index (χ1n) is 7.70. The lowest BCUT2D eigenvalue weighted by atomic mass is 10.2. The number of nitrogens with zero attached hydrogens (tertiary/aromatic N) is 5. The van der Waals surface area contributed by atoms with Crippen LogP contribution in [0.15, 0.2) is 30.3 Å². The molecule has 2 aromatic rings. The minimum Gasteiger partial charge on any atom is -0.354 e. The molecular formula is C17H20N6. The monoisotopic (exact) mass is 308 g/mol. The van der Waals surface area contributed by atoms with E-state index in [-0.39, 0.29) is 0 Å². The maximum Gasteiger partial charge on any atom is 0.136 e. The lowest BCUT2D eigenvalue weighted by Gasteiger charge is -2.33. The van der Waals surface area contributed by atoms with E-state index in [1.165, 1.54) is 0 Å². The number of hydrogen-bond donors (Lipinski definition) is 1. The first kappa shape index (κ1) is 15.3. The highest BCUT2D eigenvalue weighted by Crippen LogP contribution is 2.21. The van der Waals surface area contributed by atoms with E-state index in [0.29, 0.717) is 5.56 Å². The first-order chi connectivity index (χ1) is 11.1. The van der Waals surface area contributed by atoms with Gasteiger partial charge in [0.15, 0.2) is 0 Å². The summed E-state index contributed by atoms with van der Waals surface area (Å²) in [5.41, 5.74) is 1.55. The molecule has 3 rings (SSSR count). The van der Waals surface area contributed by atoms with E-state index in [1.54, 1.807) is 12.1 Å². The number of benzene rings is 1. The molecule has 118 valence electrons. The average molecular weight is 308 g/mol. The maximum atomic E-state index is 8.85. The fourth-order valence-corrected chi connectivity index (χ4v) is 2.59. The van der Waals surface area contributed by atoms with E-state index < -0.39 is 0 Å². The summed E-state index contributed by atoms with van der Waals surface area (Å²) in [6.07, 6.45) is 0. The third-order valence-electron chi connectivity index (χ3n) is 3.94. The van der Waals surface area contributed by atoms with Crippen molar-refractivity contribution < 1.29 is 0 Å².